The van der Waals surface area contributed by atoms with Crippen LogP contribution in [0, 0.1) is 24.5 Å². The summed E-state index contributed by atoms with van der Waals surface area (Å²) in [6.45, 7) is 6.29. The van der Waals surface area contributed by atoms with Gasteiger partial charge >= 0.3 is 0 Å². The number of benzene rings is 2. The van der Waals surface area contributed by atoms with Crippen LogP contribution in [-0.2, 0) is 21.4 Å². The second-order valence-electron chi connectivity index (χ2n) is 15.6. The molecule has 8 rings (SSSR count). The molecule has 6 heterocycles. The Labute approximate surface area is 339 Å². The van der Waals surface area contributed by atoms with Crippen molar-refractivity contribution in [2.24, 2.45) is 18.0 Å². The molecular formula is C42H46F2N10O5. The van der Waals surface area contributed by atoms with Gasteiger partial charge in [-0.15, -0.1) is 0 Å². The zero-order valence-electron chi connectivity index (χ0n) is 33.1. The number of imide groups is 1. The number of piperidine rings is 2. The van der Waals surface area contributed by atoms with Crippen molar-refractivity contribution < 1.29 is 32.7 Å². The van der Waals surface area contributed by atoms with E-state index in [0.29, 0.717) is 73.6 Å². The van der Waals surface area contributed by atoms with Crippen LogP contribution in [0.4, 0.5) is 31.5 Å². The molecule has 2 saturated heterocycles. The fraction of sp³-hybridized carbons (Fsp3) is 0.405. The average molecular weight is 809 g/mol. The van der Waals surface area contributed by atoms with Crippen molar-refractivity contribution in [3.8, 4) is 17.1 Å². The van der Waals surface area contributed by atoms with Crippen LogP contribution < -0.4 is 35.8 Å². The molecule has 0 saturated carbocycles. The van der Waals surface area contributed by atoms with Crippen molar-refractivity contribution in [3.05, 3.63) is 77.1 Å². The fourth-order valence-electron chi connectivity index (χ4n) is 8.21. The number of hydrogen-bond acceptors (Lipinski definition) is 11. The van der Waals surface area contributed by atoms with Crippen molar-refractivity contribution in [3.63, 3.8) is 0 Å². The number of aliphatic imine (C=N–C) groups is 1. The molecule has 2 aromatic carbocycles. The van der Waals surface area contributed by atoms with E-state index in [1.54, 1.807) is 27.9 Å². The van der Waals surface area contributed by atoms with E-state index in [1.165, 1.54) is 0 Å². The molecule has 15 nitrogen and oxygen atoms in total. The van der Waals surface area contributed by atoms with Crippen molar-refractivity contribution in [1.29, 1.82) is 0 Å². The second kappa shape index (κ2) is 16.6. The predicted octanol–water partition coefficient (Wildman–Crippen LogP) is 5.02. The van der Waals surface area contributed by atoms with Crippen molar-refractivity contribution in [2.45, 2.75) is 64.3 Å². The number of carbonyl (C=O) groups is 4. The normalized spacial score (nSPS) is 21.8. The van der Waals surface area contributed by atoms with Crippen LogP contribution in [0.1, 0.15) is 73.0 Å². The fourth-order valence-corrected chi connectivity index (χ4v) is 8.21. The Morgan fingerprint density at radius 2 is 1.78 bits per heavy atom. The van der Waals surface area contributed by atoms with E-state index in [2.05, 4.69) is 43.3 Å². The highest BCUT2D eigenvalue weighted by Gasteiger charge is 2.34. The number of halogens is 2. The molecule has 3 atom stereocenters. The Kier molecular flexibility index (Phi) is 11.1. The molecule has 4 aliphatic rings. The van der Waals surface area contributed by atoms with Gasteiger partial charge in [0, 0.05) is 80.3 Å². The topological polar surface area (TPSA) is 175 Å². The van der Waals surface area contributed by atoms with Crippen LogP contribution in [-0.4, -0.2) is 83.2 Å². The van der Waals surface area contributed by atoms with Crippen LogP contribution >= 0.6 is 0 Å². The predicted molar refractivity (Wildman–Crippen MR) is 218 cm³/mol. The molecule has 0 unspecified atom stereocenters. The highest BCUT2D eigenvalue weighted by atomic mass is 19.1. The van der Waals surface area contributed by atoms with Crippen LogP contribution in [0.5, 0.6) is 5.88 Å². The number of guanidine groups is 1. The molecule has 17 heteroatoms. The average Bonchev–Trinajstić information content (AvgIpc) is 3.73. The number of nitrogens with one attached hydrogen (secondary N) is 4. The Hall–Kier alpha value is -6.23. The Morgan fingerprint density at radius 3 is 2.56 bits per heavy atom. The van der Waals surface area contributed by atoms with Gasteiger partial charge in [-0.05, 0) is 81.0 Å². The van der Waals surface area contributed by atoms with Gasteiger partial charge in [-0.25, -0.2) is 13.5 Å². The van der Waals surface area contributed by atoms with Gasteiger partial charge < -0.3 is 30.5 Å². The maximum absolute atomic E-state index is 15.0. The third-order valence-electron chi connectivity index (χ3n) is 11.2. The minimum atomic E-state index is -1.06. The number of aromatic nitrogens is 3. The quantitative estimate of drug-likeness (QED) is 0.146. The van der Waals surface area contributed by atoms with Gasteiger partial charge in [0.25, 0.3) is 5.91 Å². The smallest absolute Gasteiger partial charge is 0.280 e. The Morgan fingerprint density at radius 1 is 0.966 bits per heavy atom. The summed E-state index contributed by atoms with van der Waals surface area (Å²) in [5.41, 5.74) is 4.56. The summed E-state index contributed by atoms with van der Waals surface area (Å²) in [6, 6.07) is 11.4. The van der Waals surface area contributed by atoms with Gasteiger partial charge in [0.1, 0.15) is 11.6 Å². The maximum Gasteiger partial charge on any atom is 0.280 e. The molecule has 308 valence electrons. The lowest BCUT2D eigenvalue weighted by Gasteiger charge is -2.33. The first kappa shape index (κ1) is 39.6. The third kappa shape index (κ3) is 8.37. The van der Waals surface area contributed by atoms with Crippen molar-refractivity contribution >= 4 is 52.3 Å². The number of pyridine rings is 1. The molecule has 2 fully saturated rings. The summed E-state index contributed by atoms with van der Waals surface area (Å²) in [4.78, 5) is 64.1. The number of anilines is 4. The van der Waals surface area contributed by atoms with Crippen LogP contribution in [0.3, 0.4) is 0 Å². The lowest BCUT2D eigenvalue weighted by Crippen LogP contribution is -2.47. The molecule has 2 bridgehead atoms. The first-order valence-corrected chi connectivity index (χ1v) is 20.0. The number of carbonyl (C=O) groups excluding carboxylic acids is 4. The van der Waals surface area contributed by atoms with Gasteiger partial charge in [-0.2, -0.15) is 10.1 Å². The van der Waals surface area contributed by atoms with E-state index in [9.17, 15) is 28.0 Å². The van der Waals surface area contributed by atoms with Crippen LogP contribution in [0.25, 0.3) is 11.3 Å². The monoisotopic (exact) mass is 808 g/mol. The lowest BCUT2D eigenvalue weighted by molar-refractivity contribution is -0.134. The molecule has 0 aliphatic carbocycles. The van der Waals surface area contributed by atoms with E-state index < -0.39 is 35.3 Å². The Bertz CT molecular complexity index is 2340. The largest absolute Gasteiger partial charge is 0.477 e. The van der Waals surface area contributed by atoms with E-state index in [-0.39, 0.29) is 48.4 Å². The number of aryl methyl sites for hydroxylation is 2. The summed E-state index contributed by atoms with van der Waals surface area (Å²) < 4.78 is 37.8. The summed E-state index contributed by atoms with van der Waals surface area (Å²) in [6.07, 6.45) is 4.35. The SMILES string of the molecule is Cc1cc2cc(n1)-c1cnn(C)c1OCCC[C@@H](C)CN1/C(=N/C2=O)Nc2ccc(N3CC[C@@H](NCCNc4cc(F)c([C@H]5CCC(=O)NC5=O)c(F)c4)CC3=O)cc21. The van der Waals surface area contributed by atoms with Crippen LogP contribution in [0.15, 0.2) is 53.7 Å². The number of ether oxygens (including phenoxy) is 1. The van der Waals surface area contributed by atoms with E-state index in [4.69, 9.17) is 4.74 Å². The maximum atomic E-state index is 15.0. The van der Waals surface area contributed by atoms with Crippen molar-refractivity contribution in [1.82, 2.24) is 25.4 Å². The molecule has 4 N–H and O–H groups in total. The molecule has 59 heavy (non-hydrogen) atoms. The summed E-state index contributed by atoms with van der Waals surface area (Å²) in [5, 5.41) is 16.3. The number of nitrogens with zero attached hydrogens (tertiary/aromatic N) is 6. The molecule has 0 radical (unpaired) electrons. The minimum Gasteiger partial charge on any atom is -0.477 e. The van der Waals surface area contributed by atoms with Gasteiger partial charge in [0.05, 0.1) is 41.4 Å². The zero-order valence-corrected chi connectivity index (χ0v) is 33.1. The first-order chi connectivity index (χ1) is 28.4. The zero-order chi connectivity index (χ0) is 41.4. The molecule has 4 amide bonds. The summed E-state index contributed by atoms with van der Waals surface area (Å²) in [7, 11) is 1.81. The van der Waals surface area contributed by atoms with E-state index >= 15 is 0 Å². The summed E-state index contributed by atoms with van der Waals surface area (Å²) >= 11 is 0. The number of rotatable bonds is 7. The third-order valence-corrected chi connectivity index (χ3v) is 11.2. The van der Waals surface area contributed by atoms with Crippen LogP contribution in [0.2, 0.25) is 0 Å². The van der Waals surface area contributed by atoms with Crippen molar-refractivity contribution in [2.75, 3.05) is 53.2 Å². The van der Waals surface area contributed by atoms with Gasteiger partial charge in [-0.3, -0.25) is 29.5 Å². The van der Waals surface area contributed by atoms with E-state index in [1.807, 2.05) is 37.1 Å². The molecule has 4 aromatic rings. The van der Waals surface area contributed by atoms with Gasteiger partial charge in [0.15, 0.2) is 0 Å². The van der Waals surface area contributed by atoms with Gasteiger partial charge in [0.2, 0.25) is 29.6 Å². The second-order valence-corrected chi connectivity index (χ2v) is 15.6. The number of hydrogen-bond donors (Lipinski definition) is 4. The minimum absolute atomic E-state index is 0.0190. The van der Waals surface area contributed by atoms with Gasteiger partial charge in [-0.1, -0.05) is 6.92 Å². The van der Waals surface area contributed by atoms with E-state index in [0.717, 1.165) is 42.0 Å². The Balaban J connectivity index is 0.916. The summed E-state index contributed by atoms with van der Waals surface area (Å²) in [5.74, 6) is -3.19. The molecular weight excluding hydrogens is 763 g/mol. The molecule has 2 aromatic heterocycles. The highest BCUT2D eigenvalue weighted by molar-refractivity contribution is 6.19. The highest BCUT2D eigenvalue weighted by Crippen LogP contribution is 2.38. The first-order valence-electron chi connectivity index (χ1n) is 20.0. The molecule has 0 spiro atoms. The lowest BCUT2D eigenvalue weighted by atomic mass is 9.89. The standard InChI is InChI=1S/C42H46F2N10O5/c1-23-5-4-14-59-41-30(21-47-52(41)3)34-16-25(15-24(2)48-34)39(57)51-42-49-33-8-6-28(20-35(33)54(42)22-23)53-13-10-26(19-37(53)56)45-11-12-46-27-17-31(43)38(32(44)18-27)29-7-9-36(55)50-40(29)58/h6,8,15-18,20-21,23,26,29,45-46H,4-5,7,9-14,19,22H2,1-3H3,(H,49,51,57)(H,50,55,58)/t23-,26-,29-/m1/s1. The molecule has 4 aliphatic heterocycles. The number of fused-ring (bicyclic) bond motifs is 7. The number of amides is 4.